The lowest BCUT2D eigenvalue weighted by Crippen LogP contribution is -2.56. The van der Waals surface area contributed by atoms with Crippen LogP contribution in [0.1, 0.15) is 56.9 Å². The molecule has 5 rings (SSSR count). The van der Waals surface area contributed by atoms with E-state index < -0.39 is 0 Å². The maximum absolute atomic E-state index is 12.9. The van der Waals surface area contributed by atoms with Crippen LogP contribution < -0.4 is 15.0 Å². The van der Waals surface area contributed by atoms with Gasteiger partial charge in [-0.2, -0.15) is 0 Å². The number of hydrogen-bond donors (Lipinski definition) is 1. The number of rotatable bonds is 11. The van der Waals surface area contributed by atoms with Gasteiger partial charge in [0.1, 0.15) is 5.75 Å². The number of carbonyl (C=O) groups is 1. The molecule has 2 atom stereocenters. The molecule has 2 saturated heterocycles. The third-order valence-electron chi connectivity index (χ3n) is 9.18. The molecule has 1 N–H and O–H groups in total. The van der Waals surface area contributed by atoms with Gasteiger partial charge in [-0.3, -0.25) is 14.6 Å². The highest BCUT2D eigenvalue weighted by Gasteiger charge is 2.35. The Morgan fingerprint density at radius 1 is 1.05 bits per heavy atom. The van der Waals surface area contributed by atoms with Gasteiger partial charge in [0.15, 0.2) is 0 Å². The van der Waals surface area contributed by atoms with Crippen molar-refractivity contribution in [1.29, 1.82) is 0 Å². The number of likely N-dealkylation sites (tertiary alicyclic amines) is 1. The molecule has 0 radical (unpaired) electrons. The number of para-hydroxylation sites is 2. The minimum atomic E-state index is 0.202. The molecule has 222 valence electrons. The fraction of sp³-hybridized carbons (Fsp3) is 0.559. The van der Waals surface area contributed by atoms with E-state index in [1.165, 1.54) is 42.5 Å². The molecule has 3 aliphatic rings. The van der Waals surface area contributed by atoms with Crippen molar-refractivity contribution in [3.05, 3.63) is 70.8 Å². The Morgan fingerprint density at radius 2 is 1.90 bits per heavy atom. The van der Waals surface area contributed by atoms with E-state index in [-0.39, 0.29) is 5.91 Å². The highest BCUT2D eigenvalue weighted by molar-refractivity contribution is 6.30. The highest BCUT2D eigenvalue weighted by Crippen LogP contribution is 2.32. The van der Waals surface area contributed by atoms with Gasteiger partial charge in [-0.25, -0.2) is 0 Å². The van der Waals surface area contributed by atoms with Crippen molar-refractivity contribution in [2.45, 2.75) is 64.0 Å². The summed E-state index contributed by atoms with van der Waals surface area (Å²) in [6.07, 6.45) is 11.0. The number of amides is 1. The Labute approximate surface area is 251 Å². The van der Waals surface area contributed by atoms with Crippen LogP contribution in [0.25, 0.3) is 0 Å². The molecule has 2 fully saturated rings. The summed E-state index contributed by atoms with van der Waals surface area (Å²) in [7, 11) is 1.75. The van der Waals surface area contributed by atoms with Gasteiger partial charge in [0.25, 0.3) is 0 Å². The Morgan fingerprint density at radius 3 is 2.68 bits per heavy atom. The van der Waals surface area contributed by atoms with Crippen LogP contribution in [0, 0.1) is 5.92 Å². The van der Waals surface area contributed by atoms with Crippen LogP contribution in [0.5, 0.6) is 5.75 Å². The summed E-state index contributed by atoms with van der Waals surface area (Å²) >= 11 is 6.28. The molecule has 1 amide bonds. The van der Waals surface area contributed by atoms with Gasteiger partial charge in [0.05, 0.1) is 12.8 Å². The van der Waals surface area contributed by atoms with Gasteiger partial charge >= 0.3 is 0 Å². The largest absolute Gasteiger partial charge is 0.495 e. The van der Waals surface area contributed by atoms with E-state index in [0.717, 1.165) is 82.4 Å². The molecule has 41 heavy (non-hydrogen) atoms. The fourth-order valence-electron chi connectivity index (χ4n) is 6.98. The zero-order valence-electron chi connectivity index (χ0n) is 24.7. The average molecular weight is 579 g/mol. The molecule has 2 aromatic carbocycles. The van der Waals surface area contributed by atoms with E-state index in [1.807, 2.05) is 24.3 Å². The summed E-state index contributed by atoms with van der Waals surface area (Å²) in [6.45, 7) is 7.82. The second-order valence-electron chi connectivity index (χ2n) is 11.9. The summed E-state index contributed by atoms with van der Waals surface area (Å²) in [4.78, 5) is 20.6. The van der Waals surface area contributed by atoms with Gasteiger partial charge in [0, 0.05) is 63.3 Å². The topological polar surface area (TPSA) is 48.1 Å². The number of halogens is 1. The first-order chi connectivity index (χ1) is 20.1. The monoisotopic (exact) mass is 578 g/mol. The van der Waals surface area contributed by atoms with Crippen molar-refractivity contribution >= 4 is 23.2 Å². The lowest BCUT2D eigenvalue weighted by Gasteiger charge is -2.47. The Kier molecular flexibility index (Phi) is 11.0. The van der Waals surface area contributed by atoms with E-state index >= 15 is 0 Å². The maximum atomic E-state index is 12.9. The van der Waals surface area contributed by atoms with Crippen LogP contribution in [-0.2, 0) is 11.3 Å². The van der Waals surface area contributed by atoms with Crippen LogP contribution in [0.15, 0.2) is 60.2 Å². The molecule has 0 bridgehead atoms. The average Bonchev–Trinajstić information content (AvgIpc) is 3.01. The van der Waals surface area contributed by atoms with E-state index in [2.05, 4.69) is 50.4 Å². The van der Waals surface area contributed by atoms with Gasteiger partial charge < -0.3 is 15.0 Å². The molecule has 7 heteroatoms. The predicted molar refractivity (Wildman–Crippen MR) is 169 cm³/mol. The fourth-order valence-corrected chi connectivity index (χ4v) is 7.19. The summed E-state index contributed by atoms with van der Waals surface area (Å²) in [5.41, 5.74) is 3.96. The number of nitrogens with one attached hydrogen (secondary N) is 1. The molecule has 0 saturated carbocycles. The van der Waals surface area contributed by atoms with Crippen LogP contribution in [0.3, 0.4) is 0 Å². The molecule has 2 heterocycles. The van der Waals surface area contributed by atoms with Crippen molar-refractivity contribution in [2.75, 3.05) is 57.8 Å². The van der Waals surface area contributed by atoms with Crippen LogP contribution in [0.4, 0.5) is 5.69 Å². The number of piperidine rings is 1. The van der Waals surface area contributed by atoms with Crippen molar-refractivity contribution in [3.8, 4) is 5.75 Å². The first-order valence-electron chi connectivity index (χ1n) is 15.6. The number of nitrogens with zero attached hydrogens (tertiary/aromatic N) is 3. The van der Waals surface area contributed by atoms with Crippen LogP contribution in [0.2, 0.25) is 5.02 Å². The number of carbonyl (C=O) groups excluding carboxylic acids is 1. The zero-order chi connectivity index (χ0) is 28.4. The van der Waals surface area contributed by atoms with Crippen molar-refractivity contribution in [3.63, 3.8) is 0 Å². The minimum Gasteiger partial charge on any atom is -0.495 e. The minimum absolute atomic E-state index is 0.202. The lowest BCUT2D eigenvalue weighted by atomic mass is 9.86. The zero-order valence-corrected chi connectivity index (χ0v) is 25.5. The number of ether oxygens (including phenoxy) is 1. The second kappa shape index (κ2) is 15.1. The summed E-state index contributed by atoms with van der Waals surface area (Å²) < 4.78 is 5.63. The third kappa shape index (κ3) is 8.50. The summed E-state index contributed by atoms with van der Waals surface area (Å²) in [5.74, 6) is 1.61. The van der Waals surface area contributed by atoms with E-state index in [1.54, 1.807) is 7.11 Å². The van der Waals surface area contributed by atoms with Crippen molar-refractivity contribution < 1.29 is 9.53 Å². The van der Waals surface area contributed by atoms with Crippen molar-refractivity contribution in [2.24, 2.45) is 5.92 Å². The molecule has 0 unspecified atom stereocenters. The number of allylic oxidation sites excluding steroid dienone is 1. The van der Waals surface area contributed by atoms with Gasteiger partial charge in [-0.05, 0) is 87.2 Å². The number of methoxy groups -OCH3 is 1. The number of hydrogen-bond acceptors (Lipinski definition) is 5. The Balaban J connectivity index is 1.18. The first-order valence-corrected chi connectivity index (χ1v) is 16.0. The van der Waals surface area contributed by atoms with Gasteiger partial charge in [-0.1, -0.05) is 47.5 Å². The number of piperazine rings is 1. The smallest absolute Gasteiger partial charge is 0.220 e. The molecular formula is C34H47ClN4O2. The van der Waals surface area contributed by atoms with Crippen molar-refractivity contribution in [1.82, 2.24) is 15.1 Å². The standard InChI is InChI=1S/C34H47ClN4O2/c1-41-33-13-6-5-12-32(33)39-22-20-38(21-23-39)31-17-19-37(25-28-10-7-11-30(35)24-28)26-29(31)14-15-34(40)36-18-16-27-8-3-2-4-9-27/h5-8,10-13,24,29,31H,2-4,9,14-23,25-26H2,1H3,(H,36,40)/t29-,31+/m0/s1. The number of anilines is 1. The first kappa shape index (κ1) is 29.9. The molecule has 0 aromatic heterocycles. The lowest BCUT2D eigenvalue weighted by molar-refractivity contribution is -0.121. The third-order valence-corrected chi connectivity index (χ3v) is 9.41. The quantitative estimate of drug-likeness (QED) is 0.324. The predicted octanol–water partition coefficient (Wildman–Crippen LogP) is 6.15. The maximum Gasteiger partial charge on any atom is 0.220 e. The summed E-state index contributed by atoms with van der Waals surface area (Å²) in [6, 6.07) is 17.1. The molecule has 6 nitrogen and oxygen atoms in total. The van der Waals surface area contributed by atoms with E-state index in [9.17, 15) is 4.79 Å². The van der Waals surface area contributed by atoms with Crippen LogP contribution in [-0.4, -0.2) is 74.7 Å². The van der Waals surface area contributed by atoms with Crippen LogP contribution >= 0.6 is 11.6 Å². The number of benzene rings is 2. The Hall–Kier alpha value is -2.54. The Bertz CT molecular complexity index is 1160. The van der Waals surface area contributed by atoms with E-state index in [0.29, 0.717) is 18.4 Å². The normalized spacial score (nSPS) is 22.3. The van der Waals surface area contributed by atoms with Gasteiger partial charge in [-0.15, -0.1) is 0 Å². The SMILES string of the molecule is COc1ccccc1N1CCN([C@@H]2CCN(Cc3cccc(Cl)c3)C[C@@H]2CCC(=O)NCCC2=CCCCC2)CC1. The molecule has 2 aromatic rings. The molecule has 0 spiro atoms. The molecule has 2 aliphatic heterocycles. The second-order valence-corrected chi connectivity index (χ2v) is 12.4. The summed E-state index contributed by atoms with van der Waals surface area (Å²) in [5, 5.41) is 4.01. The molecular weight excluding hydrogens is 532 g/mol. The highest BCUT2D eigenvalue weighted by atomic mass is 35.5. The molecule has 1 aliphatic carbocycles. The van der Waals surface area contributed by atoms with E-state index in [4.69, 9.17) is 16.3 Å². The van der Waals surface area contributed by atoms with Gasteiger partial charge in [0.2, 0.25) is 5.91 Å².